The van der Waals surface area contributed by atoms with Crippen LogP contribution in [0.15, 0.2) is 22.7 Å². The maximum absolute atomic E-state index is 11.9. The van der Waals surface area contributed by atoms with Gasteiger partial charge in [0, 0.05) is 10.2 Å². The molecule has 92 valence electrons. The Bertz CT molecular complexity index is 394. The molecule has 1 aliphatic rings. The van der Waals surface area contributed by atoms with E-state index < -0.39 is 0 Å². The summed E-state index contributed by atoms with van der Waals surface area (Å²) >= 11 is 3.32. The van der Waals surface area contributed by atoms with E-state index in [1.54, 1.807) is 18.2 Å². The number of nitrogen functional groups attached to an aromatic ring is 1. The zero-order valence-corrected chi connectivity index (χ0v) is 11.2. The number of nitrogens with two attached hydrogens (primary N) is 1. The van der Waals surface area contributed by atoms with Gasteiger partial charge in [-0.05, 0) is 43.9 Å². The molecule has 1 aliphatic carbocycles. The van der Waals surface area contributed by atoms with Gasteiger partial charge in [-0.15, -0.1) is 0 Å². The van der Waals surface area contributed by atoms with Gasteiger partial charge in [-0.1, -0.05) is 22.4 Å². The van der Waals surface area contributed by atoms with Crippen LogP contribution in [-0.2, 0) is 4.74 Å². The van der Waals surface area contributed by atoms with Crippen LogP contribution in [0.3, 0.4) is 0 Å². The number of ether oxygens (including phenoxy) is 1. The molecular formula is C13H16BrNO2. The molecular weight excluding hydrogens is 282 g/mol. The summed E-state index contributed by atoms with van der Waals surface area (Å²) in [5.41, 5.74) is 6.77. The lowest BCUT2D eigenvalue weighted by Gasteiger charge is -2.21. The van der Waals surface area contributed by atoms with Crippen LogP contribution < -0.4 is 5.73 Å². The number of anilines is 1. The Hall–Kier alpha value is -1.03. The van der Waals surface area contributed by atoms with Gasteiger partial charge in [0.2, 0.25) is 0 Å². The van der Waals surface area contributed by atoms with Crippen molar-refractivity contribution in [3.05, 3.63) is 28.2 Å². The Morgan fingerprint density at radius 2 is 1.94 bits per heavy atom. The molecule has 3 nitrogen and oxygen atoms in total. The lowest BCUT2D eigenvalue weighted by atomic mass is 9.98. The molecule has 0 aliphatic heterocycles. The van der Waals surface area contributed by atoms with Crippen LogP contribution in [-0.4, -0.2) is 12.1 Å². The van der Waals surface area contributed by atoms with Gasteiger partial charge in [0.05, 0.1) is 5.56 Å². The zero-order chi connectivity index (χ0) is 12.3. The summed E-state index contributed by atoms with van der Waals surface area (Å²) in [5, 5.41) is 0. The third-order valence-electron chi connectivity index (χ3n) is 2.98. The molecule has 1 aromatic rings. The maximum atomic E-state index is 11.9. The minimum Gasteiger partial charge on any atom is -0.459 e. The molecule has 1 aromatic carbocycles. The van der Waals surface area contributed by atoms with E-state index in [1.165, 1.54) is 6.42 Å². The van der Waals surface area contributed by atoms with E-state index >= 15 is 0 Å². The Balaban J connectivity index is 2.03. The molecule has 0 heterocycles. The summed E-state index contributed by atoms with van der Waals surface area (Å²) in [7, 11) is 0. The molecule has 2 rings (SSSR count). The highest BCUT2D eigenvalue weighted by molar-refractivity contribution is 9.10. The molecule has 17 heavy (non-hydrogen) atoms. The average molecular weight is 298 g/mol. The van der Waals surface area contributed by atoms with E-state index in [0.717, 1.165) is 30.2 Å². The smallest absolute Gasteiger partial charge is 0.338 e. The Kier molecular flexibility index (Phi) is 4.05. The van der Waals surface area contributed by atoms with Gasteiger partial charge in [-0.3, -0.25) is 0 Å². The summed E-state index contributed by atoms with van der Waals surface area (Å²) in [6, 6.07) is 5.15. The Morgan fingerprint density at radius 3 is 2.59 bits per heavy atom. The molecule has 0 spiro atoms. The lowest BCUT2D eigenvalue weighted by Crippen LogP contribution is -2.21. The number of carbonyl (C=O) groups excluding carboxylic acids is 1. The van der Waals surface area contributed by atoms with Crippen molar-refractivity contribution in [2.45, 2.75) is 38.2 Å². The van der Waals surface area contributed by atoms with Crippen LogP contribution in [0.25, 0.3) is 0 Å². The SMILES string of the molecule is Nc1cc(Br)cc(C(=O)OC2CCCCC2)c1. The third kappa shape index (κ3) is 3.46. The number of benzene rings is 1. The number of hydrogen-bond acceptors (Lipinski definition) is 3. The third-order valence-corrected chi connectivity index (χ3v) is 3.44. The summed E-state index contributed by atoms with van der Waals surface area (Å²) in [5.74, 6) is -0.273. The van der Waals surface area contributed by atoms with Crippen molar-refractivity contribution in [2.75, 3.05) is 5.73 Å². The number of halogens is 1. The molecule has 0 unspecified atom stereocenters. The highest BCUT2D eigenvalue weighted by Crippen LogP contribution is 2.23. The molecule has 0 aromatic heterocycles. The molecule has 1 saturated carbocycles. The Labute approximate surface area is 109 Å². The van der Waals surface area contributed by atoms with E-state index in [2.05, 4.69) is 15.9 Å². The quantitative estimate of drug-likeness (QED) is 0.671. The predicted octanol–water partition coefficient (Wildman–Crippen LogP) is 3.52. The van der Waals surface area contributed by atoms with Crippen molar-refractivity contribution in [3.63, 3.8) is 0 Å². The average Bonchev–Trinajstić information content (AvgIpc) is 2.29. The molecule has 0 radical (unpaired) electrons. The minimum absolute atomic E-state index is 0.0801. The van der Waals surface area contributed by atoms with E-state index in [4.69, 9.17) is 10.5 Å². The predicted molar refractivity (Wildman–Crippen MR) is 70.8 cm³/mol. The number of carbonyl (C=O) groups is 1. The normalized spacial score (nSPS) is 16.8. The first-order chi connectivity index (χ1) is 8.15. The molecule has 0 amide bonds. The van der Waals surface area contributed by atoms with Crippen LogP contribution >= 0.6 is 15.9 Å². The molecule has 0 bridgehead atoms. The summed E-state index contributed by atoms with van der Waals surface area (Å²) in [6.07, 6.45) is 5.59. The number of esters is 1. The summed E-state index contributed by atoms with van der Waals surface area (Å²) < 4.78 is 6.27. The van der Waals surface area contributed by atoms with Gasteiger partial charge in [0.25, 0.3) is 0 Å². The first-order valence-corrected chi connectivity index (χ1v) is 6.71. The highest BCUT2D eigenvalue weighted by Gasteiger charge is 2.19. The topological polar surface area (TPSA) is 52.3 Å². The van der Waals surface area contributed by atoms with E-state index in [-0.39, 0.29) is 12.1 Å². The highest BCUT2D eigenvalue weighted by atomic mass is 79.9. The first-order valence-electron chi connectivity index (χ1n) is 5.92. The van der Waals surface area contributed by atoms with Gasteiger partial charge >= 0.3 is 5.97 Å². The van der Waals surface area contributed by atoms with Crippen molar-refractivity contribution in [3.8, 4) is 0 Å². The van der Waals surface area contributed by atoms with E-state index in [0.29, 0.717) is 11.3 Å². The van der Waals surface area contributed by atoms with Crippen LogP contribution in [0.2, 0.25) is 0 Å². The minimum atomic E-state index is -0.273. The van der Waals surface area contributed by atoms with Crippen LogP contribution in [0.5, 0.6) is 0 Å². The maximum Gasteiger partial charge on any atom is 0.338 e. The summed E-state index contributed by atoms with van der Waals surface area (Å²) in [4.78, 5) is 11.9. The fourth-order valence-corrected chi connectivity index (χ4v) is 2.64. The second-order valence-corrected chi connectivity index (χ2v) is 5.35. The van der Waals surface area contributed by atoms with Gasteiger partial charge in [0.1, 0.15) is 6.10 Å². The lowest BCUT2D eigenvalue weighted by molar-refractivity contribution is 0.0211. The molecule has 4 heteroatoms. The Morgan fingerprint density at radius 1 is 1.24 bits per heavy atom. The molecule has 2 N–H and O–H groups in total. The number of hydrogen-bond donors (Lipinski definition) is 1. The van der Waals surface area contributed by atoms with Crippen LogP contribution in [0.1, 0.15) is 42.5 Å². The first kappa shape index (κ1) is 12.4. The standard InChI is InChI=1S/C13H16BrNO2/c14-10-6-9(7-11(15)8-10)13(16)17-12-4-2-1-3-5-12/h6-8,12H,1-5,15H2. The van der Waals surface area contributed by atoms with Crippen molar-refractivity contribution in [1.82, 2.24) is 0 Å². The van der Waals surface area contributed by atoms with Gasteiger partial charge in [-0.25, -0.2) is 4.79 Å². The van der Waals surface area contributed by atoms with E-state index in [9.17, 15) is 4.79 Å². The van der Waals surface area contributed by atoms with Crippen molar-refractivity contribution >= 4 is 27.6 Å². The van der Waals surface area contributed by atoms with Crippen LogP contribution in [0, 0.1) is 0 Å². The molecule has 1 fully saturated rings. The molecule has 0 atom stereocenters. The fourth-order valence-electron chi connectivity index (χ4n) is 2.13. The van der Waals surface area contributed by atoms with E-state index in [1.807, 2.05) is 0 Å². The second kappa shape index (κ2) is 5.54. The zero-order valence-electron chi connectivity index (χ0n) is 9.62. The van der Waals surface area contributed by atoms with Gasteiger partial charge in [-0.2, -0.15) is 0 Å². The monoisotopic (exact) mass is 297 g/mol. The summed E-state index contributed by atoms with van der Waals surface area (Å²) in [6.45, 7) is 0. The van der Waals surface area contributed by atoms with Crippen molar-refractivity contribution < 1.29 is 9.53 Å². The number of rotatable bonds is 2. The van der Waals surface area contributed by atoms with Crippen LogP contribution in [0.4, 0.5) is 5.69 Å². The van der Waals surface area contributed by atoms with Gasteiger partial charge in [0.15, 0.2) is 0 Å². The van der Waals surface area contributed by atoms with Gasteiger partial charge < -0.3 is 10.5 Å². The second-order valence-electron chi connectivity index (χ2n) is 4.44. The fraction of sp³-hybridized carbons (Fsp3) is 0.462. The van der Waals surface area contributed by atoms with Crippen molar-refractivity contribution in [2.24, 2.45) is 0 Å². The van der Waals surface area contributed by atoms with Crippen molar-refractivity contribution in [1.29, 1.82) is 0 Å². The largest absolute Gasteiger partial charge is 0.459 e. The molecule has 0 saturated heterocycles.